The predicted octanol–water partition coefficient (Wildman–Crippen LogP) is 1.57. The van der Waals surface area contributed by atoms with Gasteiger partial charge >= 0.3 is 0 Å². The minimum absolute atomic E-state index is 0.0575. The summed E-state index contributed by atoms with van der Waals surface area (Å²) in [6, 6.07) is 7.68. The van der Waals surface area contributed by atoms with Crippen molar-refractivity contribution < 1.29 is 9.59 Å². The molecule has 1 aromatic rings. The highest BCUT2D eigenvalue weighted by Crippen LogP contribution is 2.35. The number of amides is 2. The van der Waals surface area contributed by atoms with Crippen LogP contribution in [0, 0.1) is 11.8 Å². The third-order valence-corrected chi connectivity index (χ3v) is 5.63. The van der Waals surface area contributed by atoms with E-state index >= 15 is 0 Å². The van der Waals surface area contributed by atoms with Crippen LogP contribution in [0.2, 0.25) is 0 Å². The maximum Gasteiger partial charge on any atom is 0.230 e. The summed E-state index contributed by atoms with van der Waals surface area (Å²) in [6.45, 7) is 3.81. The van der Waals surface area contributed by atoms with Crippen LogP contribution in [-0.2, 0) is 9.59 Å². The van der Waals surface area contributed by atoms with Gasteiger partial charge in [0.25, 0.3) is 0 Å². The van der Waals surface area contributed by atoms with Gasteiger partial charge < -0.3 is 15.5 Å². The number of likely N-dealkylation sites (tertiary alicyclic amines) is 1. The SMILES string of the molecule is O=C1CC(C(=O)N2CC[C@@H]3CNC[C@@H]3CC2)c2ccccc2N1. The van der Waals surface area contributed by atoms with Crippen LogP contribution in [0.25, 0.3) is 0 Å². The number of carbonyl (C=O) groups excluding carboxylic acids is 2. The second-order valence-electron chi connectivity index (χ2n) is 6.97. The Morgan fingerprint density at radius 2 is 1.78 bits per heavy atom. The Bertz CT molecular complexity index is 616. The summed E-state index contributed by atoms with van der Waals surface area (Å²) in [6.07, 6.45) is 2.41. The number of hydrogen-bond donors (Lipinski definition) is 2. The van der Waals surface area contributed by atoms with Crippen LogP contribution in [0.5, 0.6) is 0 Å². The van der Waals surface area contributed by atoms with Gasteiger partial charge in [0.2, 0.25) is 11.8 Å². The van der Waals surface area contributed by atoms with E-state index in [1.54, 1.807) is 0 Å². The molecule has 3 atom stereocenters. The lowest BCUT2D eigenvalue weighted by molar-refractivity contribution is -0.135. The fraction of sp³-hybridized carbons (Fsp3) is 0.556. The minimum atomic E-state index is -0.323. The Hall–Kier alpha value is -1.88. The zero-order valence-corrected chi connectivity index (χ0v) is 13.3. The lowest BCUT2D eigenvalue weighted by atomic mass is 9.89. The molecule has 1 aromatic carbocycles. The van der Waals surface area contributed by atoms with E-state index in [9.17, 15) is 9.59 Å². The molecule has 0 spiro atoms. The molecule has 2 saturated heterocycles. The van der Waals surface area contributed by atoms with Gasteiger partial charge in [0, 0.05) is 25.2 Å². The third kappa shape index (κ3) is 2.74. The first-order valence-corrected chi connectivity index (χ1v) is 8.60. The lowest BCUT2D eigenvalue weighted by Gasteiger charge is -2.30. The lowest BCUT2D eigenvalue weighted by Crippen LogP contribution is -2.39. The van der Waals surface area contributed by atoms with Crippen LogP contribution in [0.1, 0.15) is 30.7 Å². The highest BCUT2D eigenvalue weighted by molar-refractivity contribution is 6.01. The number of carbonyl (C=O) groups is 2. The monoisotopic (exact) mass is 313 g/mol. The number of anilines is 1. The van der Waals surface area contributed by atoms with Gasteiger partial charge in [-0.2, -0.15) is 0 Å². The molecule has 0 bridgehead atoms. The number of nitrogens with one attached hydrogen (secondary N) is 2. The van der Waals surface area contributed by atoms with Crippen molar-refractivity contribution in [1.29, 1.82) is 0 Å². The van der Waals surface area contributed by atoms with Gasteiger partial charge in [-0.15, -0.1) is 0 Å². The molecule has 2 N–H and O–H groups in total. The fourth-order valence-electron chi connectivity index (χ4n) is 4.29. The van der Waals surface area contributed by atoms with Crippen LogP contribution in [-0.4, -0.2) is 42.9 Å². The Morgan fingerprint density at radius 3 is 2.52 bits per heavy atom. The summed E-state index contributed by atoms with van der Waals surface area (Å²) in [5.74, 6) is 1.15. The molecule has 3 aliphatic heterocycles. The highest BCUT2D eigenvalue weighted by Gasteiger charge is 2.36. The zero-order valence-electron chi connectivity index (χ0n) is 13.3. The molecule has 3 heterocycles. The molecule has 0 saturated carbocycles. The maximum absolute atomic E-state index is 13.1. The Kier molecular flexibility index (Phi) is 3.81. The van der Waals surface area contributed by atoms with E-state index in [-0.39, 0.29) is 24.2 Å². The first-order chi connectivity index (χ1) is 11.2. The molecule has 2 fully saturated rings. The topological polar surface area (TPSA) is 61.4 Å². The van der Waals surface area contributed by atoms with Crippen molar-refractivity contribution in [3.8, 4) is 0 Å². The van der Waals surface area contributed by atoms with E-state index in [2.05, 4.69) is 10.6 Å². The fourth-order valence-corrected chi connectivity index (χ4v) is 4.29. The standard InChI is InChI=1S/C18H23N3O2/c22-17-9-15(14-3-1-2-4-16(14)20-17)18(23)21-7-5-12-10-19-11-13(12)6-8-21/h1-4,12-13,15,19H,5-11H2,(H,20,22)/t12-,13+,15?. The summed E-state index contributed by atoms with van der Waals surface area (Å²) in [5, 5.41) is 6.34. The summed E-state index contributed by atoms with van der Waals surface area (Å²) in [7, 11) is 0. The van der Waals surface area contributed by atoms with Crippen molar-refractivity contribution in [1.82, 2.24) is 10.2 Å². The quantitative estimate of drug-likeness (QED) is 0.827. The van der Waals surface area contributed by atoms with Gasteiger partial charge in [0.15, 0.2) is 0 Å². The Morgan fingerprint density at radius 1 is 1.09 bits per heavy atom. The van der Waals surface area contributed by atoms with E-state index < -0.39 is 0 Å². The average molecular weight is 313 g/mol. The molecule has 4 rings (SSSR count). The molecule has 5 heteroatoms. The van der Waals surface area contributed by atoms with Gasteiger partial charge in [-0.05, 0) is 49.4 Å². The van der Waals surface area contributed by atoms with Gasteiger partial charge in [0.1, 0.15) is 0 Å². The molecular weight excluding hydrogens is 290 g/mol. The number of benzene rings is 1. The molecule has 5 nitrogen and oxygen atoms in total. The molecule has 0 aromatic heterocycles. The molecule has 1 unspecified atom stereocenters. The van der Waals surface area contributed by atoms with E-state index in [0.29, 0.717) is 11.8 Å². The molecule has 2 amide bonds. The highest BCUT2D eigenvalue weighted by atomic mass is 16.2. The summed E-state index contributed by atoms with van der Waals surface area (Å²) in [4.78, 5) is 27.0. The second-order valence-corrected chi connectivity index (χ2v) is 6.97. The van der Waals surface area contributed by atoms with Crippen LogP contribution in [0.3, 0.4) is 0 Å². The van der Waals surface area contributed by atoms with Gasteiger partial charge in [-0.3, -0.25) is 9.59 Å². The van der Waals surface area contributed by atoms with E-state index in [4.69, 9.17) is 0 Å². The number of para-hydroxylation sites is 1. The summed E-state index contributed by atoms with van der Waals surface area (Å²) in [5.41, 5.74) is 1.75. The average Bonchev–Trinajstić information content (AvgIpc) is 2.92. The Labute approximate surface area is 136 Å². The van der Waals surface area contributed by atoms with Crippen LogP contribution < -0.4 is 10.6 Å². The van der Waals surface area contributed by atoms with E-state index in [1.165, 1.54) is 0 Å². The minimum Gasteiger partial charge on any atom is -0.342 e. The van der Waals surface area contributed by atoms with Crippen molar-refractivity contribution in [3.05, 3.63) is 29.8 Å². The van der Waals surface area contributed by atoms with E-state index in [0.717, 1.165) is 50.3 Å². The molecule has 0 radical (unpaired) electrons. The predicted molar refractivity (Wildman–Crippen MR) is 88.1 cm³/mol. The third-order valence-electron chi connectivity index (χ3n) is 5.63. The van der Waals surface area contributed by atoms with Crippen molar-refractivity contribution in [2.45, 2.75) is 25.2 Å². The molecule has 23 heavy (non-hydrogen) atoms. The molecule has 0 aliphatic carbocycles. The summed E-state index contributed by atoms with van der Waals surface area (Å²) < 4.78 is 0. The maximum atomic E-state index is 13.1. The molecular formula is C18H23N3O2. The van der Waals surface area contributed by atoms with Crippen molar-refractivity contribution in [2.24, 2.45) is 11.8 Å². The van der Waals surface area contributed by atoms with Gasteiger partial charge in [-0.1, -0.05) is 18.2 Å². The normalized spacial score (nSPS) is 30.2. The van der Waals surface area contributed by atoms with Crippen molar-refractivity contribution in [3.63, 3.8) is 0 Å². The molecule has 3 aliphatic rings. The Balaban J connectivity index is 1.54. The van der Waals surface area contributed by atoms with Crippen molar-refractivity contribution in [2.75, 3.05) is 31.5 Å². The number of rotatable bonds is 1. The number of nitrogens with zero attached hydrogens (tertiary/aromatic N) is 1. The van der Waals surface area contributed by atoms with Crippen LogP contribution in [0.4, 0.5) is 5.69 Å². The molecule has 122 valence electrons. The largest absolute Gasteiger partial charge is 0.342 e. The first kappa shape index (κ1) is 14.7. The van der Waals surface area contributed by atoms with E-state index in [1.807, 2.05) is 29.2 Å². The van der Waals surface area contributed by atoms with Crippen LogP contribution >= 0.6 is 0 Å². The van der Waals surface area contributed by atoms with Crippen molar-refractivity contribution >= 4 is 17.5 Å². The second kappa shape index (κ2) is 5.96. The smallest absolute Gasteiger partial charge is 0.230 e. The summed E-state index contributed by atoms with van der Waals surface area (Å²) >= 11 is 0. The number of fused-ring (bicyclic) bond motifs is 2. The first-order valence-electron chi connectivity index (χ1n) is 8.60. The van der Waals surface area contributed by atoms with Crippen LogP contribution in [0.15, 0.2) is 24.3 Å². The number of hydrogen-bond acceptors (Lipinski definition) is 3. The zero-order chi connectivity index (χ0) is 15.8. The van der Waals surface area contributed by atoms with Gasteiger partial charge in [-0.25, -0.2) is 0 Å². The van der Waals surface area contributed by atoms with Gasteiger partial charge in [0.05, 0.1) is 5.92 Å².